The molecule has 0 saturated carbocycles. The van der Waals surface area contributed by atoms with Gasteiger partial charge in [0.15, 0.2) is 11.2 Å². The molecule has 1 aliphatic rings. The number of aromatic nitrogens is 3. The highest BCUT2D eigenvalue weighted by Crippen LogP contribution is 2.31. The summed E-state index contributed by atoms with van der Waals surface area (Å²) in [6.45, 7) is 6.14. The minimum absolute atomic E-state index is 0.105. The summed E-state index contributed by atoms with van der Waals surface area (Å²) < 4.78 is 12.9. The number of rotatable bonds is 9. The normalized spacial score (nSPS) is 13.5. The van der Waals surface area contributed by atoms with Gasteiger partial charge < -0.3 is 19.8 Å². The quantitative estimate of drug-likeness (QED) is 0.184. The van der Waals surface area contributed by atoms with Crippen LogP contribution in [-0.2, 0) is 17.7 Å². The van der Waals surface area contributed by atoms with Crippen LogP contribution in [0.25, 0.3) is 33.4 Å². The van der Waals surface area contributed by atoms with E-state index in [4.69, 9.17) is 15.2 Å². The van der Waals surface area contributed by atoms with Crippen molar-refractivity contribution >= 4 is 11.6 Å². The van der Waals surface area contributed by atoms with Crippen molar-refractivity contribution in [3.8, 4) is 39.3 Å². The standard InChI is InChI=1S/C38H38N4O4/c1-24-4-8-29(9-5-24)33-22-42(21-27-12-14-46-15-13-27)23-34(37(33)44)35(43)17-26-6-10-28(11-7-26)32-18-31(20-40-38(32)39)30-16-25(2)41-36(19-30)45-3/h4-11,16,18-20,22-23,27H,12-15,17,21H2,1-3H3,(H2,39,40). The molecule has 5 aromatic rings. The number of methoxy groups -OCH3 is 1. The molecule has 1 aliphatic heterocycles. The first-order chi connectivity index (χ1) is 22.3. The van der Waals surface area contributed by atoms with E-state index in [0.717, 1.165) is 77.2 Å². The summed E-state index contributed by atoms with van der Waals surface area (Å²) in [7, 11) is 1.59. The van der Waals surface area contributed by atoms with E-state index in [9.17, 15) is 9.59 Å². The van der Waals surface area contributed by atoms with Crippen molar-refractivity contribution < 1.29 is 14.3 Å². The van der Waals surface area contributed by atoms with Crippen LogP contribution in [0.5, 0.6) is 5.88 Å². The van der Waals surface area contributed by atoms with Gasteiger partial charge in [0.05, 0.1) is 12.7 Å². The van der Waals surface area contributed by atoms with Crippen LogP contribution in [0.3, 0.4) is 0 Å². The number of carbonyl (C=O) groups is 1. The summed E-state index contributed by atoms with van der Waals surface area (Å²) in [6, 6.07) is 21.4. The van der Waals surface area contributed by atoms with Gasteiger partial charge in [-0.3, -0.25) is 9.59 Å². The molecule has 0 atom stereocenters. The van der Waals surface area contributed by atoms with Gasteiger partial charge in [0.1, 0.15) is 5.82 Å². The van der Waals surface area contributed by atoms with E-state index in [0.29, 0.717) is 23.2 Å². The number of nitrogens with zero attached hydrogens (tertiary/aromatic N) is 3. The molecule has 0 aliphatic carbocycles. The van der Waals surface area contributed by atoms with E-state index in [1.54, 1.807) is 19.5 Å². The largest absolute Gasteiger partial charge is 0.481 e. The van der Waals surface area contributed by atoms with Crippen LogP contribution in [0.1, 0.15) is 40.0 Å². The molecule has 0 radical (unpaired) electrons. The highest BCUT2D eigenvalue weighted by molar-refractivity contribution is 5.98. The summed E-state index contributed by atoms with van der Waals surface area (Å²) in [5.74, 6) is 1.16. The van der Waals surface area contributed by atoms with E-state index in [1.165, 1.54) is 0 Å². The molecule has 8 heteroatoms. The van der Waals surface area contributed by atoms with Gasteiger partial charge in [0.2, 0.25) is 5.88 Å². The molecule has 2 aromatic carbocycles. The van der Waals surface area contributed by atoms with Crippen molar-refractivity contribution in [2.45, 2.75) is 39.7 Å². The number of hydrogen-bond donors (Lipinski definition) is 1. The van der Waals surface area contributed by atoms with E-state index < -0.39 is 0 Å². The SMILES string of the molecule is COc1cc(-c2cnc(N)c(-c3ccc(CC(=O)c4cn(CC5CCOCC5)cc(-c5ccc(C)cc5)c4=O)cc3)c2)cc(C)n1. The number of ether oxygens (including phenoxy) is 2. The van der Waals surface area contributed by atoms with Gasteiger partial charge in [0.25, 0.3) is 0 Å². The first kappa shape index (κ1) is 30.9. The Kier molecular flexibility index (Phi) is 9.08. The minimum atomic E-state index is -0.243. The van der Waals surface area contributed by atoms with Crippen LogP contribution >= 0.6 is 0 Å². The van der Waals surface area contributed by atoms with Crippen LogP contribution in [0.4, 0.5) is 5.82 Å². The van der Waals surface area contributed by atoms with Gasteiger partial charge in [-0.2, -0.15) is 0 Å². The van der Waals surface area contributed by atoms with Gasteiger partial charge in [-0.25, -0.2) is 9.97 Å². The number of pyridine rings is 3. The second-order valence-electron chi connectivity index (χ2n) is 12.0. The zero-order valence-corrected chi connectivity index (χ0v) is 26.5. The van der Waals surface area contributed by atoms with Gasteiger partial charge in [-0.15, -0.1) is 0 Å². The molecule has 0 spiro atoms. The van der Waals surface area contributed by atoms with Gasteiger partial charge in [-0.05, 0) is 67.0 Å². The van der Waals surface area contributed by atoms with Crippen LogP contribution in [0.15, 0.2) is 90.1 Å². The monoisotopic (exact) mass is 614 g/mol. The number of nitrogens with two attached hydrogens (primary N) is 1. The maximum absolute atomic E-state index is 13.7. The fourth-order valence-electron chi connectivity index (χ4n) is 5.96. The lowest BCUT2D eigenvalue weighted by Crippen LogP contribution is -2.25. The lowest BCUT2D eigenvalue weighted by atomic mass is 9.96. The predicted octanol–water partition coefficient (Wildman–Crippen LogP) is 6.70. The Morgan fingerprint density at radius 3 is 2.33 bits per heavy atom. The number of Topliss-reactive ketones (excluding diaryl/α,β-unsaturated/α-hetero) is 1. The Hall–Kier alpha value is -5.08. The summed E-state index contributed by atoms with van der Waals surface area (Å²) in [5.41, 5.74) is 13.8. The summed E-state index contributed by atoms with van der Waals surface area (Å²) in [6.07, 6.45) is 7.39. The zero-order valence-electron chi connectivity index (χ0n) is 26.5. The Bertz CT molecular complexity index is 1930. The fourth-order valence-corrected chi connectivity index (χ4v) is 5.96. The van der Waals surface area contributed by atoms with Crippen molar-refractivity contribution in [3.63, 3.8) is 0 Å². The molecular weight excluding hydrogens is 576 g/mol. The second-order valence-corrected chi connectivity index (χ2v) is 12.0. The topological polar surface area (TPSA) is 109 Å². The number of aryl methyl sites for hydroxylation is 2. The van der Waals surface area contributed by atoms with E-state index in [-0.39, 0.29) is 23.2 Å². The summed E-state index contributed by atoms with van der Waals surface area (Å²) in [4.78, 5) is 36.3. The average molecular weight is 615 g/mol. The van der Waals surface area contributed by atoms with Crippen LogP contribution in [-0.4, -0.2) is 40.6 Å². The number of ketones is 1. The molecule has 234 valence electrons. The Morgan fingerprint density at radius 1 is 0.913 bits per heavy atom. The Labute approximate surface area is 268 Å². The van der Waals surface area contributed by atoms with Gasteiger partial charge >= 0.3 is 0 Å². The maximum atomic E-state index is 13.7. The third kappa shape index (κ3) is 6.92. The number of carbonyl (C=O) groups excluding carboxylic acids is 1. The molecule has 0 unspecified atom stereocenters. The number of benzene rings is 2. The first-order valence-electron chi connectivity index (χ1n) is 15.6. The molecule has 1 saturated heterocycles. The summed E-state index contributed by atoms with van der Waals surface area (Å²) >= 11 is 0. The maximum Gasteiger partial charge on any atom is 0.213 e. The predicted molar refractivity (Wildman–Crippen MR) is 181 cm³/mol. The number of anilines is 1. The molecule has 3 aromatic heterocycles. The number of nitrogen functional groups attached to an aromatic ring is 1. The van der Waals surface area contributed by atoms with Gasteiger partial charge in [0, 0.05) is 73.2 Å². The van der Waals surface area contributed by atoms with Crippen molar-refractivity contribution in [1.82, 2.24) is 14.5 Å². The van der Waals surface area contributed by atoms with Crippen molar-refractivity contribution in [2.75, 3.05) is 26.1 Å². The Balaban J connectivity index is 1.27. The lowest BCUT2D eigenvalue weighted by molar-refractivity contribution is 0.0612. The zero-order chi connectivity index (χ0) is 32.2. The molecule has 2 N–H and O–H groups in total. The lowest BCUT2D eigenvalue weighted by Gasteiger charge is -2.23. The molecular formula is C38H38N4O4. The van der Waals surface area contributed by atoms with Crippen LogP contribution in [0, 0.1) is 19.8 Å². The molecule has 6 rings (SSSR count). The molecule has 1 fully saturated rings. The smallest absolute Gasteiger partial charge is 0.213 e. The van der Waals surface area contributed by atoms with Crippen molar-refractivity contribution in [3.05, 3.63) is 118 Å². The van der Waals surface area contributed by atoms with E-state index >= 15 is 0 Å². The molecule has 0 bridgehead atoms. The third-order valence-corrected chi connectivity index (χ3v) is 8.57. The summed E-state index contributed by atoms with van der Waals surface area (Å²) in [5, 5.41) is 0. The average Bonchev–Trinajstić information content (AvgIpc) is 3.06. The van der Waals surface area contributed by atoms with Gasteiger partial charge in [-0.1, -0.05) is 54.1 Å². The highest BCUT2D eigenvalue weighted by Gasteiger charge is 2.20. The van der Waals surface area contributed by atoms with E-state index in [1.807, 2.05) is 91.3 Å². The molecule has 8 nitrogen and oxygen atoms in total. The minimum Gasteiger partial charge on any atom is -0.481 e. The molecule has 46 heavy (non-hydrogen) atoms. The Morgan fingerprint density at radius 2 is 1.61 bits per heavy atom. The van der Waals surface area contributed by atoms with Crippen molar-refractivity contribution in [1.29, 1.82) is 0 Å². The first-order valence-corrected chi connectivity index (χ1v) is 15.6. The molecule has 4 heterocycles. The third-order valence-electron chi connectivity index (χ3n) is 8.57. The van der Waals surface area contributed by atoms with E-state index in [2.05, 4.69) is 9.97 Å². The van der Waals surface area contributed by atoms with Crippen molar-refractivity contribution in [2.24, 2.45) is 5.92 Å². The second kappa shape index (κ2) is 13.5. The number of hydrogen-bond acceptors (Lipinski definition) is 7. The van der Waals surface area contributed by atoms with Crippen LogP contribution < -0.4 is 15.9 Å². The molecule has 0 amide bonds. The van der Waals surface area contributed by atoms with Crippen LogP contribution in [0.2, 0.25) is 0 Å². The highest BCUT2D eigenvalue weighted by atomic mass is 16.5. The fraction of sp³-hybridized carbons (Fsp3) is 0.263.